The highest BCUT2D eigenvalue weighted by atomic mass is 16.5. The van der Waals surface area contributed by atoms with E-state index in [0.717, 1.165) is 37.1 Å². The standard InChI is InChI=1S/C17H26N2O2/c1-3-13-8-10-18-16(12-13)17(20)19-15-7-5-4-6-14(15)9-11-21-2/h4-7,13,16,18H,3,8-12H2,1-2H3,(H,19,20). The molecule has 0 radical (unpaired) electrons. The summed E-state index contributed by atoms with van der Waals surface area (Å²) in [5, 5.41) is 6.41. The largest absolute Gasteiger partial charge is 0.384 e. The first-order valence-electron chi connectivity index (χ1n) is 7.85. The summed E-state index contributed by atoms with van der Waals surface area (Å²) < 4.78 is 5.13. The summed E-state index contributed by atoms with van der Waals surface area (Å²) in [5.74, 6) is 0.740. The number of para-hydroxylation sites is 1. The van der Waals surface area contributed by atoms with Gasteiger partial charge in [0, 0.05) is 12.8 Å². The Hall–Kier alpha value is -1.39. The van der Waals surface area contributed by atoms with Gasteiger partial charge in [-0.25, -0.2) is 0 Å². The van der Waals surface area contributed by atoms with Crippen molar-refractivity contribution in [2.24, 2.45) is 5.92 Å². The minimum atomic E-state index is -0.0702. The van der Waals surface area contributed by atoms with E-state index in [0.29, 0.717) is 12.5 Å². The average molecular weight is 290 g/mol. The zero-order valence-electron chi connectivity index (χ0n) is 13.0. The van der Waals surface area contributed by atoms with E-state index >= 15 is 0 Å². The zero-order valence-corrected chi connectivity index (χ0v) is 13.0. The van der Waals surface area contributed by atoms with E-state index in [9.17, 15) is 4.79 Å². The van der Waals surface area contributed by atoms with Crippen LogP contribution in [0.1, 0.15) is 31.7 Å². The molecule has 2 atom stereocenters. The molecule has 1 amide bonds. The van der Waals surface area contributed by atoms with Gasteiger partial charge in [0.25, 0.3) is 0 Å². The predicted molar refractivity (Wildman–Crippen MR) is 85.5 cm³/mol. The lowest BCUT2D eigenvalue weighted by Gasteiger charge is -2.29. The Morgan fingerprint density at radius 1 is 1.43 bits per heavy atom. The van der Waals surface area contributed by atoms with Gasteiger partial charge in [-0.1, -0.05) is 31.5 Å². The summed E-state index contributed by atoms with van der Waals surface area (Å²) in [6.45, 7) is 3.79. The highest BCUT2D eigenvalue weighted by Crippen LogP contribution is 2.21. The molecule has 21 heavy (non-hydrogen) atoms. The highest BCUT2D eigenvalue weighted by molar-refractivity contribution is 5.95. The van der Waals surface area contributed by atoms with Gasteiger partial charge in [0.2, 0.25) is 5.91 Å². The first-order valence-corrected chi connectivity index (χ1v) is 7.85. The molecule has 0 aliphatic carbocycles. The van der Waals surface area contributed by atoms with Gasteiger partial charge in [0.15, 0.2) is 0 Å². The molecule has 1 aromatic rings. The maximum atomic E-state index is 12.5. The average Bonchev–Trinajstić information content (AvgIpc) is 2.54. The topological polar surface area (TPSA) is 50.4 Å². The van der Waals surface area contributed by atoms with Crippen LogP contribution in [0, 0.1) is 5.92 Å². The summed E-state index contributed by atoms with van der Waals surface area (Å²) in [6.07, 6.45) is 4.06. The fourth-order valence-electron chi connectivity index (χ4n) is 2.86. The number of carbonyl (C=O) groups is 1. The molecule has 4 heteroatoms. The van der Waals surface area contributed by atoms with Crippen molar-refractivity contribution in [3.05, 3.63) is 29.8 Å². The molecule has 1 saturated heterocycles. The normalized spacial score (nSPS) is 22.0. The Balaban J connectivity index is 1.98. The maximum absolute atomic E-state index is 12.5. The van der Waals surface area contributed by atoms with E-state index in [4.69, 9.17) is 4.74 Å². The molecule has 2 rings (SSSR count). The first kappa shape index (κ1) is 16.0. The number of piperidine rings is 1. The van der Waals surface area contributed by atoms with Gasteiger partial charge in [-0.15, -0.1) is 0 Å². The molecule has 1 fully saturated rings. The van der Waals surface area contributed by atoms with Crippen LogP contribution in [-0.4, -0.2) is 32.2 Å². The molecule has 1 aliphatic heterocycles. The number of ether oxygens (including phenoxy) is 1. The van der Waals surface area contributed by atoms with Gasteiger partial charge in [0.1, 0.15) is 0 Å². The van der Waals surface area contributed by atoms with Crippen LogP contribution in [0.4, 0.5) is 5.69 Å². The van der Waals surface area contributed by atoms with E-state index in [-0.39, 0.29) is 11.9 Å². The molecule has 1 heterocycles. The van der Waals surface area contributed by atoms with Gasteiger partial charge < -0.3 is 15.4 Å². The van der Waals surface area contributed by atoms with Crippen molar-refractivity contribution in [2.45, 2.75) is 38.6 Å². The molecule has 116 valence electrons. The molecule has 1 aromatic carbocycles. The van der Waals surface area contributed by atoms with Crippen LogP contribution >= 0.6 is 0 Å². The number of amides is 1. The number of benzene rings is 1. The SMILES string of the molecule is CCC1CCNC(C(=O)Nc2ccccc2CCOC)C1. The minimum Gasteiger partial charge on any atom is -0.384 e. The Bertz CT molecular complexity index is 462. The van der Waals surface area contributed by atoms with E-state index in [2.05, 4.69) is 17.6 Å². The molecule has 0 spiro atoms. The second-order valence-corrected chi connectivity index (χ2v) is 5.69. The van der Waals surface area contributed by atoms with Crippen molar-refractivity contribution in [3.63, 3.8) is 0 Å². The molecule has 2 N–H and O–H groups in total. The smallest absolute Gasteiger partial charge is 0.241 e. The van der Waals surface area contributed by atoms with Gasteiger partial charge in [-0.2, -0.15) is 0 Å². The number of rotatable bonds is 6. The van der Waals surface area contributed by atoms with Crippen molar-refractivity contribution >= 4 is 11.6 Å². The highest BCUT2D eigenvalue weighted by Gasteiger charge is 2.26. The Kier molecular flexibility index (Phi) is 6.21. The lowest BCUT2D eigenvalue weighted by Crippen LogP contribution is -2.46. The second-order valence-electron chi connectivity index (χ2n) is 5.69. The molecule has 0 bridgehead atoms. The maximum Gasteiger partial charge on any atom is 0.241 e. The number of methoxy groups -OCH3 is 1. The van der Waals surface area contributed by atoms with Crippen LogP contribution < -0.4 is 10.6 Å². The van der Waals surface area contributed by atoms with Crippen LogP contribution in [0.2, 0.25) is 0 Å². The molecule has 2 unspecified atom stereocenters. The summed E-state index contributed by atoms with van der Waals surface area (Å²) in [4.78, 5) is 12.5. The summed E-state index contributed by atoms with van der Waals surface area (Å²) in [6, 6.07) is 7.88. The quantitative estimate of drug-likeness (QED) is 0.846. The van der Waals surface area contributed by atoms with Gasteiger partial charge in [-0.3, -0.25) is 4.79 Å². The summed E-state index contributed by atoms with van der Waals surface area (Å²) in [5.41, 5.74) is 2.02. The van der Waals surface area contributed by atoms with Crippen LogP contribution in [0.15, 0.2) is 24.3 Å². The van der Waals surface area contributed by atoms with Crippen LogP contribution in [-0.2, 0) is 16.0 Å². The van der Waals surface area contributed by atoms with Crippen LogP contribution in [0.5, 0.6) is 0 Å². The van der Waals surface area contributed by atoms with Crippen molar-refractivity contribution in [3.8, 4) is 0 Å². The van der Waals surface area contributed by atoms with Crippen molar-refractivity contribution in [2.75, 3.05) is 25.6 Å². The van der Waals surface area contributed by atoms with E-state index < -0.39 is 0 Å². The third-order valence-corrected chi connectivity index (χ3v) is 4.26. The summed E-state index contributed by atoms with van der Waals surface area (Å²) >= 11 is 0. The second kappa shape index (κ2) is 8.15. The molecule has 4 nitrogen and oxygen atoms in total. The van der Waals surface area contributed by atoms with Crippen LogP contribution in [0.3, 0.4) is 0 Å². The fourth-order valence-corrected chi connectivity index (χ4v) is 2.86. The van der Waals surface area contributed by atoms with E-state index in [1.54, 1.807) is 7.11 Å². The predicted octanol–water partition coefficient (Wildman–Crippen LogP) is 2.59. The number of nitrogens with one attached hydrogen (secondary N) is 2. The minimum absolute atomic E-state index is 0.0702. The number of hydrogen-bond donors (Lipinski definition) is 2. The third-order valence-electron chi connectivity index (χ3n) is 4.26. The van der Waals surface area contributed by atoms with Crippen LogP contribution in [0.25, 0.3) is 0 Å². The van der Waals surface area contributed by atoms with Crippen molar-refractivity contribution in [1.82, 2.24) is 5.32 Å². The molecular weight excluding hydrogens is 264 g/mol. The zero-order chi connectivity index (χ0) is 15.1. The van der Waals surface area contributed by atoms with E-state index in [1.165, 1.54) is 6.42 Å². The fraction of sp³-hybridized carbons (Fsp3) is 0.588. The van der Waals surface area contributed by atoms with Gasteiger partial charge >= 0.3 is 0 Å². The van der Waals surface area contributed by atoms with Crippen molar-refractivity contribution < 1.29 is 9.53 Å². The van der Waals surface area contributed by atoms with Crippen molar-refractivity contribution in [1.29, 1.82) is 0 Å². The van der Waals surface area contributed by atoms with Gasteiger partial charge in [-0.05, 0) is 43.4 Å². The van der Waals surface area contributed by atoms with Gasteiger partial charge in [0.05, 0.1) is 12.6 Å². The number of carbonyl (C=O) groups excluding carboxylic acids is 1. The molecule has 0 aromatic heterocycles. The molecule has 1 aliphatic rings. The monoisotopic (exact) mass is 290 g/mol. The number of hydrogen-bond acceptors (Lipinski definition) is 3. The lowest BCUT2D eigenvalue weighted by atomic mass is 9.90. The Morgan fingerprint density at radius 3 is 3.00 bits per heavy atom. The number of anilines is 1. The Morgan fingerprint density at radius 2 is 2.24 bits per heavy atom. The third kappa shape index (κ3) is 4.55. The summed E-state index contributed by atoms with van der Waals surface area (Å²) in [7, 11) is 1.69. The van der Waals surface area contributed by atoms with E-state index in [1.807, 2.05) is 24.3 Å². The Labute approximate surface area is 127 Å². The molecular formula is C17H26N2O2. The first-order chi connectivity index (χ1) is 10.2. The molecule has 0 saturated carbocycles. The lowest BCUT2D eigenvalue weighted by molar-refractivity contribution is -0.119.